The second-order valence-corrected chi connectivity index (χ2v) is 12.0. The molecule has 8 heteroatoms. The van der Waals surface area contributed by atoms with Crippen LogP contribution in [0.15, 0.2) is 53.4 Å². The van der Waals surface area contributed by atoms with E-state index in [2.05, 4.69) is 22.2 Å². The minimum atomic E-state index is -3.53. The van der Waals surface area contributed by atoms with Crippen LogP contribution in [0.25, 0.3) is 0 Å². The summed E-state index contributed by atoms with van der Waals surface area (Å²) >= 11 is 0. The number of hydrogen-bond acceptors (Lipinski definition) is 5. The van der Waals surface area contributed by atoms with Crippen LogP contribution in [0.4, 0.5) is 0 Å². The van der Waals surface area contributed by atoms with Crippen molar-refractivity contribution in [3.8, 4) is 5.75 Å². The van der Waals surface area contributed by atoms with E-state index in [0.29, 0.717) is 23.4 Å². The molecule has 2 aromatic carbocycles. The van der Waals surface area contributed by atoms with E-state index in [1.54, 1.807) is 31.4 Å². The molecule has 36 heavy (non-hydrogen) atoms. The van der Waals surface area contributed by atoms with Crippen molar-refractivity contribution in [2.24, 2.45) is 5.41 Å². The molecule has 0 spiro atoms. The highest BCUT2D eigenvalue weighted by Crippen LogP contribution is 2.39. The zero-order valence-corrected chi connectivity index (χ0v) is 22.9. The number of ether oxygens (including phenoxy) is 1. The van der Waals surface area contributed by atoms with Gasteiger partial charge in [-0.3, -0.25) is 0 Å². The normalized spacial score (nSPS) is 21.3. The fraction of sp³-hybridized carbons (Fsp3) is 0.571. The topological polar surface area (TPSA) is 87.7 Å². The molecule has 0 saturated heterocycles. The Kier molecular flexibility index (Phi) is 10.6. The molecule has 6 nitrogen and oxygen atoms in total. The van der Waals surface area contributed by atoms with Gasteiger partial charge in [-0.15, -0.1) is 12.4 Å². The SMILES string of the molecule is COc1ccc2c(c1)CCC(NCC1(CNS(=O)(=O)c3ccccc3)CCCCC1)C2CCCO.Cl. The van der Waals surface area contributed by atoms with Crippen molar-refractivity contribution in [2.75, 3.05) is 26.8 Å². The number of aryl methyl sites for hydroxylation is 1. The van der Waals surface area contributed by atoms with Crippen LogP contribution in [0.5, 0.6) is 5.75 Å². The van der Waals surface area contributed by atoms with E-state index in [0.717, 1.165) is 63.7 Å². The molecule has 2 unspecified atom stereocenters. The molecule has 200 valence electrons. The lowest BCUT2D eigenvalue weighted by atomic mass is 9.72. The number of benzene rings is 2. The molecule has 2 aromatic rings. The van der Waals surface area contributed by atoms with E-state index >= 15 is 0 Å². The fourth-order valence-corrected chi connectivity index (χ4v) is 7.10. The lowest BCUT2D eigenvalue weighted by molar-refractivity contribution is 0.170. The largest absolute Gasteiger partial charge is 0.497 e. The summed E-state index contributed by atoms with van der Waals surface area (Å²) < 4.78 is 34.2. The smallest absolute Gasteiger partial charge is 0.240 e. The number of nitrogens with one attached hydrogen (secondary N) is 2. The van der Waals surface area contributed by atoms with Gasteiger partial charge in [-0.25, -0.2) is 13.1 Å². The zero-order chi connectivity index (χ0) is 24.7. The van der Waals surface area contributed by atoms with E-state index < -0.39 is 10.0 Å². The van der Waals surface area contributed by atoms with Crippen molar-refractivity contribution in [3.05, 3.63) is 59.7 Å². The van der Waals surface area contributed by atoms with Crippen molar-refractivity contribution < 1.29 is 18.3 Å². The molecule has 2 aliphatic rings. The summed E-state index contributed by atoms with van der Waals surface area (Å²) in [7, 11) is -1.83. The highest BCUT2D eigenvalue weighted by Gasteiger charge is 2.36. The average Bonchev–Trinajstić information content (AvgIpc) is 2.90. The Bertz CT molecular complexity index is 1060. The third-order valence-electron chi connectivity index (χ3n) is 7.98. The Labute approximate surface area is 222 Å². The van der Waals surface area contributed by atoms with Crippen molar-refractivity contribution >= 4 is 22.4 Å². The summed E-state index contributed by atoms with van der Waals surface area (Å²) in [5.41, 5.74) is 2.61. The lowest BCUT2D eigenvalue weighted by Crippen LogP contribution is -2.49. The third kappa shape index (κ3) is 7.01. The molecule has 0 amide bonds. The predicted molar refractivity (Wildman–Crippen MR) is 147 cm³/mol. The number of rotatable bonds is 11. The van der Waals surface area contributed by atoms with Crippen LogP contribution in [0, 0.1) is 5.41 Å². The van der Waals surface area contributed by atoms with E-state index in [1.807, 2.05) is 12.1 Å². The molecular formula is C28H41ClN2O4S. The maximum atomic E-state index is 12.9. The molecular weight excluding hydrogens is 496 g/mol. The molecule has 0 radical (unpaired) electrons. The van der Waals surface area contributed by atoms with E-state index in [4.69, 9.17) is 4.74 Å². The molecule has 4 rings (SSSR count). The van der Waals surface area contributed by atoms with Gasteiger partial charge in [0.25, 0.3) is 0 Å². The molecule has 1 fully saturated rings. The van der Waals surface area contributed by atoms with E-state index in [1.165, 1.54) is 17.5 Å². The van der Waals surface area contributed by atoms with Crippen LogP contribution < -0.4 is 14.8 Å². The molecule has 0 heterocycles. The summed E-state index contributed by atoms with van der Waals surface area (Å²) in [4.78, 5) is 0.322. The summed E-state index contributed by atoms with van der Waals surface area (Å²) in [5.74, 6) is 1.22. The minimum absolute atomic E-state index is 0. The fourth-order valence-electron chi connectivity index (χ4n) is 5.92. The van der Waals surface area contributed by atoms with Crippen LogP contribution in [-0.2, 0) is 16.4 Å². The van der Waals surface area contributed by atoms with Gasteiger partial charge in [0.05, 0.1) is 12.0 Å². The first-order chi connectivity index (χ1) is 17.0. The van der Waals surface area contributed by atoms with Crippen LogP contribution in [-0.4, -0.2) is 46.4 Å². The zero-order valence-electron chi connectivity index (χ0n) is 21.2. The standard InChI is InChI=1S/C28H40N2O4S.ClH/c1-34-23-13-14-25-22(19-23)12-15-27(26(25)11-8-18-31)29-20-28(16-6-3-7-17-28)21-30-35(32,33)24-9-4-2-5-10-24;/h2,4-5,9-10,13-14,19,26-27,29-31H,3,6-8,11-12,15-18,20-21H2,1H3;1H. The van der Waals surface area contributed by atoms with Gasteiger partial charge in [0.2, 0.25) is 10.0 Å². The molecule has 2 aliphatic carbocycles. The van der Waals surface area contributed by atoms with E-state index in [-0.39, 0.29) is 24.4 Å². The number of fused-ring (bicyclic) bond motifs is 1. The molecule has 1 saturated carbocycles. The summed E-state index contributed by atoms with van der Waals surface area (Å²) in [6, 6.07) is 15.3. The van der Waals surface area contributed by atoms with Crippen LogP contribution in [0.2, 0.25) is 0 Å². The number of aliphatic hydroxyl groups is 1. The lowest BCUT2D eigenvalue weighted by Gasteiger charge is -2.41. The first-order valence-electron chi connectivity index (χ1n) is 13.0. The molecule has 0 aliphatic heterocycles. The predicted octanol–water partition coefficient (Wildman–Crippen LogP) is 4.81. The Morgan fingerprint density at radius 1 is 1.06 bits per heavy atom. The van der Waals surface area contributed by atoms with Gasteiger partial charge in [0.1, 0.15) is 5.75 Å². The molecule has 2 atom stereocenters. The third-order valence-corrected chi connectivity index (χ3v) is 9.39. The van der Waals surface area contributed by atoms with Gasteiger partial charge in [0.15, 0.2) is 0 Å². The summed E-state index contributed by atoms with van der Waals surface area (Å²) in [5, 5.41) is 13.4. The number of methoxy groups -OCH3 is 1. The average molecular weight is 537 g/mol. The van der Waals surface area contributed by atoms with Crippen LogP contribution in [0.1, 0.15) is 68.4 Å². The second kappa shape index (κ2) is 13.2. The highest BCUT2D eigenvalue weighted by molar-refractivity contribution is 7.89. The van der Waals surface area contributed by atoms with Crippen molar-refractivity contribution in [1.82, 2.24) is 10.0 Å². The van der Waals surface area contributed by atoms with Gasteiger partial charge in [0, 0.05) is 25.7 Å². The van der Waals surface area contributed by atoms with E-state index in [9.17, 15) is 13.5 Å². The number of aliphatic hydroxyl groups excluding tert-OH is 1. The Balaban J connectivity index is 0.00000361. The molecule has 0 bridgehead atoms. The van der Waals surface area contributed by atoms with Gasteiger partial charge < -0.3 is 15.2 Å². The number of halogens is 1. The number of sulfonamides is 1. The maximum absolute atomic E-state index is 12.9. The monoisotopic (exact) mass is 536 g/mol. The Morgan fingerprint density at radius 2 is 1.81 bits per heavy atom. The van der Waals surface area contributed by atoms with Crippen molar-refractivity contribution in [3.63, 3.8) is 0 Å². The molecule has 0 aromatic heterocycles. The minimum Gasteiger partial charge on any atom is -0.497 e. The van der Waals surface area contributed by atoms with Crippen LogP contribution in [0.3, 0.4) is 0 Å². The van der Waals surface area contributed by atoms with Crippen molar-refractivity contribution in [2.45, 2.75) is 74.6 Å². The Hall–Kier alpha value is -1.64. The number of hydrogen-bond donors (Lipinski definition) is 3. The van der Waals surface area contributed by atoms with Gasteiger partial charge >= 0.3 is 0 Å². The highest BCUT2D eigenvalue weighted by atomic mass is 35.5. The second-order valence-electron chi connectivity index (χ2n) is 10.3. The quantitative estimate of drug-likeness (QED) is 0.384. The molecule has 3 N–H and O–H groups in total. The Morgan fingerprint density at radius 3 is 2.50 bits per heavy atom. The van der Waals surface area contributed by atoms with Gasteiger partial charge in [-0.2, -0.15) is 0 Å². The first kappa shape index (κ1) is 28.9. The van der Waals surface area contributed by atoms with Crippen molar-refractivity contribution in [1.29, 1.82) is 0 Å². The van der Waals surface area contributed by atoms with Gasteiger partial charge in [-0.1, -0.05) is 43.5 Å². The van der Waals surface area contributed by atoms with Gasteiger partial charge in [-0.05, 0) is 85.3 Å². The summed E-state index contributed by atoms with van der Waals surface area (Å²) in [6.45, 7) is 1.45. The summed E-state index contributed by atoms with van der Waals surface area (Å²) in [6.07, 6.45) is 9.27. The maximum Gasteiger partial charge on any atom is 0.240 e. The van der Waals surface area contributed by atoms with Crippen LogP contribution >= 0.6 is 12.4 Å². The first-order valence-corrected chi connectivity index (χ1v) is 14.5.